The lowest BCUT2D eigenvalue weighted by atomic mass is 10.1. The molecule has 4 nitrogen and oxygen atoms in total. The van der Waals surface area contributed by atoms with E-state index in [1.54, 1.807) is 49.4 Å². The van der Waals surface area contributed by atoms with E-state index in [4.69, 9.17) is 18.0 Å². The Balaban J connectivity index is 2.19. The number of thiocarbonyl (C=S) groups is 1. The van der Waals surface area contributed by atoms with Gasteiger partial charge in [-0.05, 0) is 43.3 Å². The number of phenolic OH excluding ortho intramolecular Hbond substituents is 1. The van der Waals surface area contributed by atoms with Crippen molar-refractivity contribution in [3.8, 4) is 5.75 Å². The molecule has 0 fully saturated rings. The van der Waals surface area contributed by atoms with E-state index in [1.165, 1.54) is 0 Å². The first-order valence-corrected chi connectivity index (χ1v) is 6.39. The number of hydrogen-bond donors (Lipinski definition) is 3. The van der Waals surface area contributed by atoms with Crippen LogP contribution in [0, 0.1) is 6.92 Å². The fourth-order valence-corrected chi connectivity index (χ4v) is 1.92. The van der Waals surface area contributed by atoms with Gasteiger partial charge in [-0.3, -0.25) is 4.79 Å². The Hall–Kier alpha value is -2.40. The molecule has 0 radical (unpaired) electrons. The Labute approximate surface area is 122 Å². The zero-order chi connectivity index (χ0) is 14.7. The number of nitrogens with two attached hydrogens (primary N) is 1. The predicted molar refractivity (Wildman–Crippen MR) is 83.1 cm³/mol. The third-order valence-corrected chi connectivity index (χ3v) is 3.21. The summed E-state index contributed by atoms with van der Waals surface area (Å²) in [7, 11) is 0. The summed E-state index contributed by atoms with van der Waals surface area (Å²) in [5, 5.41) is 12.4. The molecule has 0 aliphatic carbocycles. The summed E-state index contributed by atoms with van der Waals surface area (Å²) in [6.45, 7) is 1.69. The van der Waals surface area contributed by atoms with Gasteiger partial charge in [-0.25, -0.2) is 0 Å². The van der Waals surface area contributed by atoms with Crippen LogP contribution in [0.3, 0.4) is 0 Å². The van der Waals surface area contributed by atoms with Gasteiger partial charge in [-0.15, -0.1) is 0 Å². The lowest BCUT2D eigenvalue weighted by Crippen LogP contribution is -2.14. The maximum Gasteiger partial charge on any atom is 0.256 e. The Morgan fingerprint density at radius 2 is 1.85 bits per heavy atom. The maximum absolute atomic E-state index is 12.1. The average molecular weight is 286 g/mol. The second-order valence-corrected chi connectivity index (χ2v) is 4.79. The number of nitrogens with one attached hydrogen (secondary N) is 1. The number of carbonyl (C=O) groups is 1. The van der Waals surface area contributed by atoms with Crippen LogP contribution in [0.4, 0.5) is 5.69 Å². The zero-order valence-corrected chi connectivity index (χ0v) is 11.7. The smallest absolute Gasteiger partial charge is 0.256 e. The Kier molecular flexibility index (Phi) is 4.00. The summed E-state index contributed by atoms with van der Waals surface area (Å²) in [5.74, 6) is -0.178. The van der Waals surface area contributed by atoms with Gasteiger partial charge in [0.15, 0.2) is 0 Å². The Bertz CT molecular complexity index is 666. The summed E-state index contributed by atoms with van der Waals surface area (Å²) in [4.78, 5) is 12.4. The molecule has 5 heteroatoms. The second kappa shape index (κ2) is 5.71. The second-order valence-electron chi connectivity index (χ2n) is 4.35. The maximum atomic E-state index is 12.1. The van der Waals surface area contributed by atoms with Gasteiger partial charge in [-0.1, -0.05) is 18.3 Å². The van der Waals surface area contributed by atoms with E-state index in [0.29, 0.717) is 21.8 Å². The molecular formula is C15H14N2O2S. The SMILES string of the molecule is Cc1c(O)cccc1C(=O)Nc1ccc(C(N)=S)cc1. The van der Waals surface area contributed by atoms with Crippen LogP contribution in [0.15, 0.2) is 42.5 Å². The van der Waals surface area contributed by atoms with Gasteiger partial charge < -0.3 is 16.2 Å². The molecule has 0 aromatic heterocycles. The van der Waals surface area contributed by atoms with E-state index in [2.05, 4.69) is 5.32 Å². The minimum atomic E-state index is -0.276. The number of aromatic hydroxyl groups is 1. The highest BCUT2D eigenvalue weighted by molar-refractivity contribution is 7.80. The summed E-state index contributed by atoms with van der Waals surface area (Å²) >= 11 is 4.86. The number of benzene rings is 2. The Morgan fingerprint density at radius 1 is 1.20 bits per heavy atom. The third-order valence-electron chi connectivity index (χ3n) is 2.98. The summed E-state index contributed by atoms with van der Waals surface area (Å²) < 4.78 is 0. The summed E-state index contributed by atoms with van der Waals surface area (Å²) in [6, 6.07) is 11.8. The molecular weight excluding hydrogens is 272 g/mol. The van der Waals surface area contributed by atoms with Gasteiger partial charge in [0.05, 0.1) is 0 Å². The van der Waals surface area contributed by atoms with Crippen LogP contribution in [-0.4, -0.2) is 16.0 Å². The van der Waals surface area contributed by atoms with Crippen LogP contribution in [0.25, 0.3) is 0 Å². The quantitative estimate of drug-likeness (QED) is 0.758. The highest BCUT2D eigenvalue weighted by atomic mass is 32.1. The van der Waals surface area contributed by atoms with Gasteiger partial charge in [0.2, 0.25) is 0 Å². The molecule has 0 saturated heterocycles. The first-order chi connectivity index (χ1) is 9.49. The summed E-state index contributed by atoms with van der Waals surface area (Å²) in [6.07, 6.45) is 0. The molecule has 2 aromatic rings. The van der Waals surface area contributed by atoms with Crippen molar-refractivity contribution in [2.45, 2.75) is 6.92 Å². The molecule has 102 valence electrons. The minimum absolute atomic E-state index is 0.0986. The molecule has 0 spiro atoms. The van der Waals surface area contributed by atoms with Gasteiger partial charge in [0.1, 0.15) is 10.7 Å². The topological polar surface area (TPSA) is 75.3 Å². The highest BCUT2D eigenvalue weighted by Crippen LogP contribution is 2.20. The molecule has 0 unspecified atom stereocenters. The number of amides is 1. The van der Waals surface area contributed by atoms with Gasteiger partial charge in [-0.2, -0.15) is 0 Å². The third kappa shape index (κ3) is 2.95. The van der Waals surface area contributed by atoms with E-state index >= 15 is 0 Å². The van der Waals surface area contributed by atoms with Crippen LogP contribution < -0.4 is 11.1 Å². The summed E-state index contributed by atoms with van der Waals surface area (Å²) in [5.41, 5.74) is 7.87. The van der Waals surface area contributed by atoms with Crippen LogP contribution in [0.2, 0.25) is 0 Å². The van der Waals surface area contributed by atoms with Crippen molar-refractivity contribution < 1.29 is 9.90 Å². The minimum Gasteiger partial charge on any atom is -0.508 e. The number of phenols is 1. The molecule has 0 heterocycles. The molecule has 1 amide bonds. The molecule has 2 aromatic carbocycles. The largest absolute Gasteiger partial charge is 0.508 e. The van der Waals surface area contributed by atoms with E-state index in [9.17, 15) is 9.90 Å². The van der Waals surface area contributed by atoms with E-state index in [-0.39, 0.29) is 11.7 Å². The highest BCUT2D eigenvalue weighted by Gasteiger charge is 2.11. The number of anilines is 1. The Morgan fingerprint density at radius 3 is 2.45 bits per heavy atom. The van der Waals surface area contributed by atoms with Crippen LogP contribution in [0.5, 0.6) is 5.75 Å². The van der Waals surface area contributed by atoms with Crippen molar-refractivity contribution in [1.82, 2.24) is 0 Å². The monoisotopic (exact) mass is 286 g/mol. The first kappa shape index (κ1) is 14.0. The van der Waals surface area contributed by atoms with Crippen molar-refractivity contribution in [2.75, 3.05) is 5.32 Å². The van der Waals surface area contributed by atoms with Crippen molar-refractivity contribution in [2.24, 2.45) is 5.73 Å². The molecule has 4 N–H and O–H groups in total. The lowest BCUT2D eigenvalue weighted by Gasteiger charge is -2.09. The lowest BCUT2D eigenvalue weighted by molar-refractivity contribution is 0.102. The molecule has 0 aliphatic heterocycles. The van der Waals surface area contributed by atoms with Gasteiger partial charge in [0.25, 0.3) is 5.91 Å². The molecule has 0 aliphatic rings. The number of rotatable bonds is 3. The zero-order valence-electron chi connectivity index (χ0n) is 10.9. The van der Waals surface area contributed by atoms with Crippen molar-refractivity contribution in [1.29, 1.82) is 0 Å². The van der Waals surface area contributed by atoms with Crippen LogP contribution in [0.1, 0.15) is 21.5 Å². The predicted octanol–water partition coefficient (Wildman–Crippen LogP) is 2.59. The van der Waals surface area contributed by atoms with E-state index < -0.39 is 0 Å². The molecule has 2 rings (SSSR count). The molecule has 0 bridgehead atoms. The average Bonchev–Trinajstić information content (AvgIpc) is 2.42. The van der Waals surface area contributed by atoms with Gasteiger partial charge in [0, 0.05) is 22.4 Å². The normalized spacial score (nSPS) is 10.1. The van der Waals surface area contributed by atoms with Gasteiger partial charge >= 0.3 is 0 Å². The molecule has 0 atom stereocenters. The molecule has 20 heavy (non-hydrogen) atoms. The fourth-order valence-electron chi connectivity index (χ4n) is 1.79. The fraction of sp³-hybridized carbons (Fsp3) is 0.0667. The van der Waals surface area contributed by atoms with Crippen LogP contribution in [-0.2, 0) is 0 Å². The first-order valence-electron chi connectivity index (χ1n) is 5.99. The molecule has 0 saturated carbocycles. The standard InChI is InChI=1S/C15H14N2O2S/c1-9-12(3-2-4-13(9)18)15(19)17-11-7-5-10(6-8-11)14(16)20/h2-8,18H,1H3,(H2,16,20)(H,17,19). The number of hydrogen-bond acceptors (Lipinski definition) is 3. The van der Waals surface area contributed by atoms with E-state index in [0.717, 1.165) is 5.56 Å². The van der Waals surface area contributed by atoms with Crippen molar-refractivity contribution >= 4 is 28.8 Å². The van der Waals surface area contributed by atoms with Crippen molar-refractivity contribution in [3.63, 3.8) is 0 Å². The van der Waals surface area contributed by atoms with Crippen molar-refractivity contribution in [3.05, 3.63) is 59.2 Å². The number of carbonyl (C=O) groups excluding carboxylic acids is 1. The van der Waals surface area contributed by atoms with E-state index in [1.807, 2.05) is 0 Å². The van der Waals surface area contributed by atoms with Crippen LogP contribution >= 0.6 is 12.2 Å².